The first-order valence-corrected chi connectivity index (χ1v) is 11.9. The van der Waals surface area contributed by atoms with Crippen LogP contribution in [0.25, 0.3) is 22.5 Å². The molecule has 176 valence electrons. The predicted octanol–water partition coefficient (Wildman–Crippen LogP) is 5.14. The van der Waals surface area contributed by atoms with Crippen LogP contribution in [0.5, 0.6) is 0 Å². The van der Waals surface area contributed by atoms with Crippen molar-refractivity contribution in [3.63, 3.8) is 0 Å². The lowest BCUT2D eigenvalue weighted by molar-refractivity contribution is 0.0969. The minimum absolute atomic E-state index is 0.0276. The fourth-order valence-corrected chi connectivity index (χ4v) is 3.82. The average molecular weight is 458 g/mol. The van der Waals surface area contributed by atoms with E-state index in [1.54, 1.807) is 0 Å². The fourth-order valence-electron chi connectivity index (χ4n) is 3.82. The Morgan fingerprint density at radius 3 is 2.50 bits per heavy atom. The minimum atomic E-state index is 0.0276. The Morgan fingerprint density at radius 2 is 1.82 bits per heavy atom. The summed E-state index contributed by atoms with van der Waals surface area (Å²) < 4.78 is 1.92. The molecular formula is C26H31N7O. The van der Waals surface area contributed by atoms with Gasteiger partial charge in [0.15, 0.2) is 0 Å². The fraction of sp³-hybridized carbons (Fsp3) is 0.385. The molecule has 0 saturated carbocycles. The number of tetrazole rings is 1. The maximum absolute atomic E-state index is 12.5. The Hall–Kier alpha value is -3.68. The molecule has 2 aromatic heterocycles. The third-order valence-corrected chi connectivity index (χ3v) is 5.81. The first-order valence-electron chi connectivity index (χ1n) is 11.9. The van der Waals surface area contributed by atoms with E-state index in [-0.39, 0.29) is 5.78 Å². The van der Waals surface area contributed by atoms with Crippen molar-refractivity contribution in [2.45, 2.75) is 59.4 Å². The third kappa shape index (κ3) is 5.62. The molecule has 0 spiro atoms. The van der Waals surface area contributed by atoms with Gasteiger partial charge in [-0.25, -0.2) is 9.67 Å². The number of nitrogens with one attached hydrogen (secondary N) is 1. The number of nitrogens with zero attached hydrogens (tertiary/aromatic N) is 6. The van der Waals surface area contributed by atoms with Gasteiger partial charge < -0.3 is 0 Å². The molecule has 0 bridgehead atoms. The molecule has 0 aliphatic carbocycles. The third-order valence-electron chi connectivity index (χ3n) is 5.81. The highest BCUT2D eigenvalue weighted by molar-refractivity contribution is 5.92. The van der Waals surface area contributed by atoms with Crippen molar-refractivity contribution in [2.75, 3.05) is 0 Å². The Kier molecular flexibility index (Phi) is 7.57. The first kappa shape index (κ1) is 23.5. The Morgan fingerprint density at radius 1 is 1.06 bits per heavy atom. The van der Waals surface area contributed by atoms with E-state index in [1.165, 1.54) is 0 Å². The highest BCUT2D eigenvalue weighted by Crippen LogP contribution is 2.30. The van der Waals surface area contributed by atoms with Crippen molar-refractivity contribution < 1.29 is 4.79 Å². The number of hydrogen-bond acceptors (Lipinski definition) is 6. The molecular weight excluding hydrogens is 426 g/mol. The molecule has 8 nitrogen and oxygen atoms in total. The van der Waals surface area contributed by atoms with Gasteiger partial charge >= 0.3 is 0 Å². The standard InChI is InChI=1S/C26H31N7O/c1-4-5-10-23(34)26-27-24(33(30-26)16-15-18(2)3)17-19-11-13-20(14-12-19)21-8-6-7-9-22(21)25-28-31-32-29-25/h6-9,11-14,18H,4-5,10,15-17H2,1-3H3,(H,28,29,31,32). The van der Waals surface area contributed by atoms with Gasteiger partial charge in [0.25, 0.3) is 0 Å². The van der Waals surface area contributed by atoms with Crippen molar-refractivity contribution in [1.82, 2.24) is 35.4 Å². The van der Waals surface area contributed by atoms with E-state index in [2.05, 4.69) is 81.8 Å². The van der Waals surface area contributed by atoms with Crippen molar-refractivity contribution in [3.8, 4) is 22.5 Å². The van der Waals surface area contributed by atoms with E-state index in [0.29, 0.717) is 30.4 Å². The van der Waals surface area contributed by atoms with Crippen LogP contribution < -0.4 is 0 Å². The van der Waals surface area contributed by atoms with Crippen LogP contribution >= 0.6 is 0 Å². The number of aromatic nitrogens is 7. The highest BCUT2D eigenvalue weighted by Gasteiger charge is 2.17. The summed E-state index contributed by atoms with van der Waals surface area (Å²) >= 11 is 0. The van der Waals surface area contributed by atoms with Crippen LogP contribution in [-0.4, -0.2) is 41.2 Å². The molecule has 0 saturated heterocycles. The van der Waals surface area contributed by atoms with Crippen molar-refractivity contribution in [3.05, 3.63) is 65.7 Å². The molecule has 0 fully saturated rings. The highest BCUT2D eigenvalue weighted by atomic mass is 16.1. The Bertz CT molecular complexity index is 1210. The van der Waals surface area contributed by atoms with E-state index < -0.39 is 0 Å². The molecule has 0 radical (unpaired) electrons. The SMILES string of the molecule is CCCCC(=O)c1nc(Cc2ccc(-c3ccccc3-c3nn[nH]n3)cc2)n(CCC(C)C)n1. The van der Waals surface area contributed by atoms with E-state index >= 15 is 0 Å². The number of ketones is 1. The second-order valence-corrected chi connectivity index (χ2v) is 8.94. The number of benzene rings is 2. The van der Waals surface area contributed by atoms with E-state index in [9.17, 15) is 4.79 Å². The van der Waals surface area contributed by atoms with E-state index in [4.69, 9.17) is 0 Å². The van der Waals surface area contributed by atoms with Gasteiger partial charge in [-0.2, -0.15) is 5.21 Å². The predicted molar refractivity (Wildman–Crippen MR) is 131 cm³/mol. The molecule has 1 N–H and O–H groups in total. The minimum Gasteiger partial charge on any atom is -0.291 e. The number of rotatable bonds is 11. The topological polar surface area (TPSA) is 102 Å². The summed E-state index contributed by atoms with van der Waals surface area (Å²) in [5.74, 6) is 2.33. The largest absolute Gasteiger partial charge is 0.291 e. The van der Waals surface area contributed by atoms with Crippen LogP contribution in [0.4, 0.5) is 0 Å². The molecule has 2 aromatic carbocycles. The number of Topliss-reactive ketones (excluding diaryl/α,β-unsaturated/α-hetero) is 1. The average Bonchev–Trinajstić information content (AvgIpc) is 3.52. The Labute approximate surface area is 199 Å². The van der Waals surface area contributed by atoms with Crippen LogP contribution in [-0.2, 0) is 13.0 Å². The quantitative estimate of drug-likeness (QED) is 0.313. The van der Waals surface area contributed by atoms with Gasteiger partial charge in [0, 0.05) is 24.9 Å². The maximum atomic E-state index is 12.5. The van der Waals surface area contributed by atoms with E-state index in [1.807, 2.05) is 22.9 Å². The molecule has 4 aromatic rings. The summed E-state index contributed by atoms with van der Waals surface area (Å²) in [5, 5.41) is 19.0. The van der Waals surface area contributed by atoms with Crippen LogP contribution in [0.2, 0.25) is 0 Å². The van der Waals surface area contributed by atoms with Gasteiger partial charge in [0.2, 0.25) is 17.4 Å². The summed E-state index contributed by atoms with van der Waals surface area (Å²) in [6.07, 6.45) is 3.96. The smallest absolute Gasteiger partial charge is 0.217 e. The molecule has 8 heteroatoms. The molecule has 4 rings (SSSR count). The van der Waals surface area contributed by atoms with Crippen LogP contribution in [0.1, 0.15) is 68.5 Å². The molecule has 0 amide bonds. The number of aromatic amines is 1. The van der Waals surface area contributed by atoms with Gasteiger partial charge in [-0.3, -0.25) is 4.79 Å². The lowest BCUT2D eigenvalue weighted by atomic mass is 9.98. The zero-order valence-corrected chi connectivity index (χ0v) is 20.0. The van der Waals surface area contributed by atoms with Gasteiger partial charge in [-0.1, -0.05) is 75.7 Å². The van der Waals surface area contributed by atoms with E-state index in [0.717, 1.165) is 53.9 Å². The number of aryl methyl sites for hydroxylation is 1. The molecule has 0 atom stereocenters. The van der Waals surface area contributed by atoms with Crippen molar-refractivity contribution in [2.24, 2.45) is 5.92 Å². The Balaban J connectivity index is 1.56. The van der Waals surface area contributed by atoms with Crippen molar-refractivity contribution >= 4 is 5.78 Å². The zero-order chi connectivity index (χ0) is 23.9. The number of hydrogen-bond donors (Lipinski definition) is 1. The number of H-pyrrole nitrogens is 1. The summed E-state index contributed by atoms with van der Waals surface area (Å²) in [5.41, 5.74) is 4.15. The molecule has 0 aliphatic rings. The van der Waals surface area contributed by atoms with Gasteiger partial charge in [0.1, 0.15) is 5.82 Å². The summed E-state index contributed by atoms with van der Waals surface area (Å²) in [4.78, 5) is 17.2. The van der Waals surface area contributed by atoms with Crippen LogP contribution in [0.3, 0.4) is 0 Å². The second-order valence-electron chi connectivity index (χ2n) is 8.94. The number of carbonyl (C=O) groups excluding carboxylic acids is 1. The van der Waals surface area contributed by atoms with Gasteiger partial charge in [-0.15, -0.1) is 15.3 Å². The van der Waals surface area contributed by atoms with Gasteiger partial charge in [0.05, 0.1) is 0 Å². The monoisotopic (exact) mass is 457 g/mol. The number of unbranched alkanes of at least 4 members (excludes halogenated alkanes) is 1. The molecule has 0 unspecified atom stereocenters. The van der Waals surface area contributed by atoms with Crippen molar-refractivity contribution in [1.29, 1.82) is 0 Å². The molecule has 34 heavy (non-hydrogen) atoms. The summed E-state index contributed by atoms with van der Waals surface area (Å²) in [6, 6.07) is 16.4. The lowest BCUT2D eigenvalue weighted by Crippen LogP contribution is -2.09. The number of carbonyl (C=O) groups is 1. The van der Waals surface area contributed by atoms with Crippen LogP contribution in [0.15, 0.2) is 48.5 Å². The maximum Gasteiger partial charge on any atom is 0.217 e. The summed E-state index contributed by atoms with van der Waals surface area (Å²) in [6.45, 7) is 7.22. The first-order chi connectivity index (χ1) is 16.5. The van der Waals surface area contributed by atoms with Crippen LogP contribution in [0, 0.1) is 5.92 Å². The molecule has 2 heterocycles. The summed E-state index contributed by atoms with van der Waals surface area (Å²) in [7, 11) is 0. The molecule has 0 aliphatic heterocycles. The normalized spacial score (nSPS) is 11.3. The second kappa shape index (κ2) is 11.0. The lowest BCUT2D eigenvalue weighted by Gasteiger charge is -2.09. The van der Waals surface area contributed by atoms with Gasteiger partial charge in [-0.05, 0) is 40.7 Å². The zero-order valence-electron chi connectivity index (χ0n) is 20.0.